The van der Waals surface area contributed by atoms with Crippen molar-refractivity contribution in [3.8, 4) is 0 Å². The van der Waals surface area contributed by atoms with Crippen LogP contribution in [-0.4, -0.2) is 12.5 Å². The van der Waals surface area contributed by atoms with Crippen molar-refractivity contribution in [2.75, 3.05) is 6.54 Å². The number of hydrogen-bond acceptors (Lipinski definition) is 1. The van der Waals surface area contributed by atoms with Crippen LogP contribution in [0.5, 0.6) is 0 Å². The minimum absolute atomic E-state index is 0.135. The SMILES string of the molecule is CC(=O)NCC12CC3CC(C)(CC(C)(C3)C1)C2. The number of nitrogens with one attached hydrogen (secondary N) is 1. The second-order valence-corrected chi connectivity index (χ2v) is 8.04. The zero-order chi connectivity index (χ0) is 12.3. The van der Waals surface area contributed by atoms with Gasteiger partial charge in [-0.3, -0.25) is 4.79 Å². The fourth-order valence-electron chi connectivity index (χ4n) is 6.19. The lowest BCUT2D eigenvalue weighted by Crippen LogP contribution is -2.58. The smallest absolute Gasteiger partial charge is 0.216 e. The van der Waals surface area contributed by atoms with Crippen molar-refractivity contribution in [3.63, 3.8) is 0 Å². The predicted octanol–water partition coefficient (Wildman–Crippen LogP) is 3.12. The highest BCUT2D eigenvalue weighted by Gasteiger charge is 2.59. The van der Waals surface area contributed by atoms with Crippen LogP contribution in [0.25, 0.3) is 0 Å². The van der Waals surface area contributed by atoms with Crippen molar-refractivity contribution in [2.45, 2.75) is 59.3 Å². The van der Waals surface area contributed by atoms with Gasteiger partial charge in [-0.25, -0.2) is 0 Å². The minimum Gasteiger partial charge on any atom is -0.356 e. The summed E-state index contributed by atoms with van der Waals surface area (Å²) in [5.74, 6) is 1.06. The van der Waals surface area contributed by atoms with Crippen LogP contribution in [0.4, 0.5) is 0 Å². The first-order valence-electron chi connectivity index (χ1n) is 7.07. The molecular weight excluding hydrogens is 210 g/mol. The Morgan fingerprint density at radius 3 is 2.18 bits per heavy atom. The Morgan fingerprint density at radius 1 is 1.12 bits per heavy atom. The van der Waals surface area contributed by atoms with Crippen molar-refractivity contribution < 1.29 is 4.79 Å². The van der Waals surface area contributed by atoms with Crippen molar-refractivity contribution in [1.82, 2.24) is 5.32 Å². The second-order valence-electron chi connectivity index (χ2n) is 8.04. The largest absolute Gasteiger partial charge is 0.356 e. The maximum absolute atomic E-state index is 11.2. The van der Waals surface area contributed by atoms with E-state index in [9.17, 15) is 4.79 Å². The Labute approximate surface area is 105 Å². The third-order valence-corrected chi connectivity index (χ3v) is 5.45. The lowest BCUT2D eigenvalue weighted by Gasteiger charge is -2.65. The quantitative estimate of drug-likeness (QED) is 0.783. The molecule has 0 radical (unpaired) electrons. The van der Waals surface area contributed by atoms with Crippen LogP contribution >= 0.6 is 0 Å². The molecule has 4 aliphatic carbocycles. The highest BCUT2D eigenvalue weighted by atomic mass is 16.1. The fourth-order valence-corrected chi connectivity index (χ4v) is 6.19. The van der Waals surface area contributed by atoms with E-state index in [0.717, 1.165) is 12.5 Å². The summed E-state index contributed by atoms with van der Waals surface area (Å²) in [4.78, 5) is 11.2. The molecule has 4 bridgehead atoms. The molecule has 0 aliphatic heterocycles. The minimum atomic E-state index is 0.135. The van der Waals surface area contributed by atoms with Gasteiger partial charge in [-0.15, -0.1) is 0 Å². The third-order valence-electron chi connectivity index (χ3n) is 5.45. The van der Waals surface area contributed by atoms with Gasteiger partial charge in [0, 0.05) is 13.5 Å². The maximum atomic E-state index is 11.2. The molecule has 0 aromatic heterocycles. The second kappa shape index (κ2) is 3.27. The molecule has 0 aromatic carbocycles. The van der Waals surface area contributed by atoms with E-state index in [1.54, 1.807) is 6.92 Å². The highest BCUT2D eigenvalue weighted by molar-refractivity contribution is 5.72. The molecule has 4 saturated carbocycles. The number of amides is 1. The van der Waals surface area contributed by atoms with Crippen LogP contribution < -0.4 is 5.32 Å². The topological polar surface area (TPSA) is 29.1 Å². The van der Waals surface area contributed by atoms with Gasteiger partial charge >= 0.3 is 0 Å². The Morgan fingerprint density at radius 2 is 1.71 bits per heavy atom. The van der Waals surface area contributed by atoms with Crippen LogP contribution in [0.3, 0.4) is 0 Å². The molecule has 4 rings (SSSR count). The van der Waals surface area contributed by atoms with Gasteiger partial charge in [-0.2, -0.15) is 0 Å². The van der Waals surface area contributed by atoms with Gasteiger partial charge in [-0.1, -0.05) is 13.8 Å². The first-order chi connectivity index (χ1) is 7.82. The van der Waals surface area contributed by atoms with Gasteiger partial charge in [0.05, 0.1) is 0 Å². The molecule has 96 valence electrons. The van der Waals surface area contributed by atoms with Crippen molar-refractivity contribution in [3.05, 3.63) is 0 Å². The van der Waals surface area contributed by atoms with Gasteiger partial charge in [0.15, 0.2) is 0 Å². The highest BCUT2D eigenvalue weighted by Crippen LogP contribution is 2.69. The first kappa shape index (κ1) is 11.6. The molecule has 4 aliphatic rings. The van der Waals surface area contributed by atoms with Crippen LogP contribution in [0.1, 0.15) is 59.3 Å². The van der Waals surface area contributed by atoms with E-state index in [4.69, 9.17) is 0 Å². The average molecular weight is 235 g/mol. The molecule has 0 heterocycles. The van der Waals surface area contributed by atoms with Crippen LogP contribution in [0, 0.1) is 22.2 Å². The molecular formula is C15H25NO. The molecule has 1 amide bonds. The summed E-state index contributed by atoms with van der Waals surface area (Å²) in [5.41, 5.74) is 1.55. The molecule has 0 aromatic rings. The van der Waals surface area contributed by atoms with Gasteiger partial charge in [-0.05, 0) is 60.7 Å². The van der Waals surface area contributed by atoms with E-state index in [1.807, 2.05) is 0 Å². The summed E-state index contributed by atoms with van der Waals surface area (Å²) < 4.78 is 0. The molecule has 2 atom stereocenters. The van der Waals surface area contributed by atoms with Crippen LogP contribution in [-0.2, 0) is 4.79 Å². The van der Waals surface area contributed by atoms with E-state index < -0.39 is 0 Å². The molecule has 2 heteroatoms. The van der Waals surface area contributed by atoms with E-state index >= 15 is 0 Å². The summed E-state index contributed by atoms with van der Waals surface area (Å²) in [6.45, 7) is 7.53. The number of carbonyl (C=O) groups is 1. The molecule has 2 nitrogen and oxygen atoms in total. The van der Waals surface area contributed by atoms with Gasteiger partial charge in [0.1, 0.15) is 0 Å². The Balaban J connectivity index is 1.84. The first-order valence-corrected chi connectivity index (χ1v) is 7.07. The summed E-state index contributed by atoms with van der Waals surface area (Å²) in [5, 5.41) is 3.10. The molecule has 2 unspecified atom stereocenters. The molecule has 4 fully saturated rings. The summed E-state index contributed by atoms with van der Waals surface area (Å²) in [6.07, 6.45) is 8.32. The molecule has 0 spiro atoms. The summed E-state index contributed by atoms with van der Waals surface area (Å²) >= 11 is 0. The summed E-state index contributed by atoms with van der Waals surface area (Å²) in [6, 6.07) is 0. The zero-order valence-corrected chi connectivity index (χ0v) is 11.4. The fraction of sp³-hybridized carbons (Fsp3) is 0.933. The Bertz CT molecular complexity index is 344. The van der Waals surface area contributed by atoms with Gasteiger partial charge in [0.2, 0.25) is 5.91 Å². The standard InChI is InChI=1S/C15H25NO/c1-11(17)16-10-15-6-12-4-13(2,8-15)7-14(3,5-12)9-15/h12H,4-10H2,1-3H3,(H,16,17). The number of carbonyl (C=O) groups excluding carboxylic acids is 1. The van der Waals surface area contributed by atoms with Crippen LogP contribution in [0.2, 0.25) is 0 Å². The Hall–Kier alpha value is -0.530. The van der Waals surface area contributed by atoms with E-state index in [-0.39, 0.29) is 5.91 Å². The summed E-state index contributed by atoms with van der Waals surface area (Å²) in [7, 11) is 0. The normalized spacial score (nSPS) is 51.6. The van der Waals surface area contributed by atoms with E-state index in [0.29, 0.717) is 16.2 Å². The molecule has 0 saturated heterocycles. The average Bonchev–Trinajstić information content (AvgIpc) is 2.08. The number of rotatable bonds is 2. The van der Waals surface area contributed by atoms with Crippen molar-refractivity contribution >= 4 is 5.91 Å². The van der Waals surface area contributed by atoms with Gasteiger partial charge in [0.25, 0.3) is 0 Å². The number of hydrogen-bond donors (Lipinski definition) is 1. The molecule has 1 N–H and O–H groups in total. The lowest BCUT2D eigenvalue weighted by molar-refractivity contribution is -0.146. The van der Waals surface area contributed by atoms with Gasteiger partial charge < -0.3 is 5.32 Å². The monoisotopic (exact) mass is 235 g/mol. The third kappa shape index (κ3) is 1.90. The van der Waals surface area contributed by atoms with Crippen molar-refractivity contribution in [1.29, 1.82) is 0 Å². The van der Waals surface area contributed by atoms with Crippen molar-refractivity contribution in [2.24, 2.45) is 22.2 Å². The Kier molecular flexibility index (Phi) is 2.22. The zero-order valence-electron chi connectivity index (χ0n) is 11.4. The lowest BCUT2D eigenvalue weighted by atomic mass is 9.40. The molecule has 17 heavy (non-hydrogen) atoms. The van der Waals surface area contributed by atoms with Crippen LogP contribution in [0.15, 0.2) is 0 Å². The van der Waals surface area contributed by atoms with E-state index in [1.165, 1.54) is 38.5 Å². The maximum Gasteiger partial charge on any atom is 0.216 e. The van der Waals surface area contributed by atoms with E-state index in [2.05, 4.69) is 19.2 Å². The predicted molar refractivity (Wildman–Crippen MR) is 68.5 cm³/mol.